The number of carbonyl (C=O) groups excluding carboxylic acids is 4. The average Bonchev–Trinajstić information content (AvgIpc) is 2.94. The maximum atomic E-state index is 13.0. The molecule has 3 amide bonds. The van der Waals surface area contributed by atoms with Gasteiger partial charge in [0.05, 0.1) is 24.2 Å². The fraction of sp³-hybridized carbons (Fsp3) is 0.529. The highest BCUT2D eigenvalue weighted by molar-refractivity contribution is 6.10. The van der Waals surface area contributed by atoms with Crippen LogP contribution < -0.4 is 5.32 Å². The Labute approximate surface area is 144 Å². The molecule has 2 saturated heterocycles. The van der Waals surface area contributed by atoms with E-state index < -0.39 is 6.04 Å². The van der Waals surface area contributed by atoms with Crippen molar-refractivity contribution in [3.8, 4) is 0 Å². The summed E-state index contributed by atoms with van der Waals surface area (Å²) in [6.07, 6.45) is 1.80. The van der Waals surface area contributed by atoms with Crippen molar-refractivity contribution in [2.45, 2.75) is 32.2 Å². The zero-order chi connectivity index (χ0) is 17.7. The third-order valence-electron chi connectivity index (χ3n) is 5.16. The van der Waals surface area contributed by atoms with Gasteiger partial charge in [-0.25, -0.2) is 0 Å². The molecular formula is C17H19N3O5. The maximum Gasteiger partial charge on any atom is 0.258 e. The van der Waals surface area contributed by atoms with E-state index in [4.69, 9.17) is 4.42 Å². The number of nitrogens with zero attached hydrogens (tertiary/aromatic N) is 2. The van der Waals surface area contributed by atoms with Crippen LogP contribution in [0.5, 0.6) is 0 Å². The topological polar surface area (TPSA) is 99.9 Å². The third-order valence-corrected chi connectivity index (χ3v) is 5.16. The van der Waals surface area contributed by atoms with E-state index in [0.717, 1.165) is 6.42 Å². The summed E-state index contributed by atoms with van der Waals surface area (Å²) in [5.74, 6) is 0.273. The van der Waals surface area contributed by atoms with Crippen molar-refractivity contribution in [1.82, 2.24) is 15.1 Å². The lowest BCUT2D eigenvalue weighted by Crippen LogP contribution is -2.66. The SMILES string of the molecule is Cc1oc2c(c1C(=O)N1CCN3C(=O)CNC(=O)[C@@H]3C1)C(=O)CCC2. The Balaban J connectivity index is 1.62. The number of carbonyl (C=O) groups is 4. The number of aryl methyl sites for hydroxylation is 2. The zero-order valence-corrected chi connectivity index (χ0v) is 14.0. The number of rotatable bonds is 1. The van der Waals surface area contributed by atoms with E-state index in [1.807, 2.05) is 0 Å². The summed E-state index contributed by atoms with van der Waals surface area (Å²) in [6.45, 7) is 2.47. The Kier molecular flexibility index (Phi) is 3.63. The number of nitrogens with one attached hydrogen (secondary N) is 1. The first kappa shape index (κ1) is 15.9. The van der Waals surface area contributed by atoms with Gasteiger partial charge in [-0.2, -0.15) is 0 Å². The summed E-state index contributed by atoms with van der Waals surface area (Å²) in [5, 5.41) is 2.55. The Morgan fingerprint density at radius 1 is 1.20 bits per heavy atom. The third kappa shape index (κ3) is 2.43. The van der Waals surface area contributed by atoms with Gasteiger partial charge in [0.2, 0.25) is 11.8 Å². The predicted octanol–water partition coefficient (Wildman–Crippen LogP) is -0.110. The zero-order valence-electron chi connectivity index (χ0n) is 14.0. The van der Waals surface area contributed by atoms with E-state index >= 15 is 0 Å². The Hall–Kier alpha value is -2.64. The molecule has 0 unspecified atom stereocenters. The molecule has 0 saturated carbocycles. The molecule has 1 atom stereocenters. The molecule has 4 rings (SSSR count). The lowest BCUT2D eigenvalue weighted by atomic mass is 9.92. The number of furan rings is 1. The Bertz CT molecular complexity index is 796. The molecule has 3 heterocycles. The molecule has 8 heteroatoms. The van der Waals surface area contributed by atoms with Crippen LogP contribution in [-0.2, 0) is 16.0 Å². The highest BCUT2D eigenvalue weighted by atomic mass is 16.3. The normalized spacial score (nSPS) is 23.2. The van der Waals surface area contributed by atoms with Gasteiger partial charge in [-0.1, -0.05) is 0 Å². The van der Waals surface area contributed by atoms with Gasteiger partial charge in [-0.15, -0.1) is 0 Å². The molecule has 25 heavy (non-hydrogen) atoms. The smallest absolute Gasteiger partial charge is 0.258 e. The number of hydrogen-bond donors (Lipinski definition) is 1. The van der Waals surface area contributed by atoms with Crippen LogP contribution >= 0.6 is 0 Å². The Morgan fingerprint density at radius 3 is 2.80 bits per heavy atom. The standard InChI is InChI=1S/C17H19N3O5/c1-9-14(15-11(21)3-2-4-12(15)25-9)17(24)19-5-6-20-10(8-19)16(23)18-7-13(20)22/h10H,2-8H2,1H3,(H,18,23)/t10-/m0/s1. The molecule has 1 aliphatic carbocycles. The van der Waals surface area contributed by atoms with E-state index in [1.54, 1.807) is 11.8 Å². The second-order valence-corrected chi connectivity index (χ2v) is 6.68. The minimum atomic E-state index is -0.669. The van der Waals surface area contributed by atoms with E-state index in [1.165, 1.54) is 4.90 Å². The molecule has 2 fully saturated rings. The van der Waals surface area contributed by atoms with Crippen molar-refractivity contribution in [3.05, 3.63) is 22.6 Å². The van der Waals surface area contributed by atoms with Gasteiger partial charge in [0, 0.05) is 25.9 Å². The predicted molar refractivity (Wildman–Crippen MR) is 85.1 cm³/mol. The van der Waals surface area contributed by atoms with Crippen molar-refractivity contribution in [1.29, 1.82) is 0 Å². The van der Waals surface area contributed by atoms with Crippen LogP contribution in [0, 0.1) is 6.92 Å². The van der Waals surface area contributed by atoms with Gasteiger partial charge in [0.1, 0.15) is 17.6 Å². The lowest BCUT2D eigenvalue weighted by molar-refractivity contribution is -0.148. The summed E-state index contributed by atoms with van der Waals surface area (Å²) >= 11 is 0. The summed E-state index contributed by atoms with van der Waals surface area (Å²) < 4.78 is 5.65. The highest BCUT2D eigenvalue weighted by Crippen LogP contribution is 2.31. The van der Waals surface area contributed by atoms with Gasteiger partial charge in [0.15, 0.2) is 5.78 Å². The Morgan fingerprint density at radius 2 is 2.00 bits per heavy atom. The molecule has 0 radical (unpaired) electrons. The molecule has 3 aliphatic rings. The number of Topliss-reactive ketones (excluding diaryl/α,β-unsaturated/α-hetero) is 1. The van der Waals surface area contributed by atoms with Crippen LogP contribution in [0.2, 0.25) is 0 Å². The van der Waals surface area contributed by atoms with Crippen LogP contribution in [0.15, 0.2) is 4.42 Å². The molecular weight excluding hydrogens is 326 g/mol. The first-order valence-electron chi connectivity index (χ1n) is 8.49. The number of amides is 3. The molecule has 0 spiro atoms. The van der Waals surface area contributed by atoms with Crippen LogP contribution in [0.1, 0.15) is 45.1 Å². The van der Waals surface area contributed by atoms with Crippen LogP contribution in [-0.4, -0.2) is 65.5 Å². The summed E-state index contributed by atoms with van der Waals surface area (Å²) in [6, 6.07) is -0.669. The second-order valence-electron chi connectivity index (χ2n) is 6.68. The van der Waals surface area contributed by atoms with E-state index in [-0.39, 0.29) is 36.6 Å². The molecule has 1 N–H and O–H groups in total. The molecule has 0 aromatic carbocycles. The van der Waals surface area contributed by atoms with Crippen molar-refractivity contribution in [3.63, 3.8) is 0 Å². The lowest BCUT2D eigenvalue weighted by Gasteiger charge is -2.42. The fourth-order valence-electron chi connectivity index (χ4n) is 3.90. The summed E-state index contributed by atoms with van der Waals surface area (Å²) in [4.78, 5) is 52.4. The van der Waals surface area contributed by atoms with E-state index in [9.17, 15) is 19.2 Å². The largest absolute Gasteiger partial charge is 0.465 e. The molecule has 132 valence electrons. The monoisotopic (exact) mass is 345 g/mol. The van der Waals surface area contributed by atoms with Crippen molar-refractivity contribution >= 4 is 23.5 Å². The molecule has 2 aliphatic heterocycles. The first-order chi connectivity index (χ1) is 12.0. The van der Waals surface area contributed by atoms with E-state index in [0.29, 0.717) is 48.6 Å². The van der Waals surface area contributed by atoms with Crippen molar-refractivity contribution < 1.29 is 23.6 Å². The van der Waals surface area contributed by atoms with Crippen molar-refractivity contribution in [2.24, 2.45) is 0 Å². The van der Waals surface area contributed by atoms with Gasteiger partial charge in [-0.3, -0.25) is 19.2 Å². The van der Waals surface area contributed by atoms with Gasteiger partial charge >= 0.3 is 0 Å². The van der Waals surface area contributed by atoms with Gasteiger partial charge in [0.25, 0.3) is 5.91 Å². The molecule has 8 nitrogen and oxygen atoms in total. The first-order valence-corrected chi connectivity index (χ1v) is 8.49. The van der Waals surface area contributed by atoms with Crippen LogP contribution in [0.3, 0.4) is 0 Å². The minimum Gasteiger partial charge on any atom is -0.465 e. The fourth-order valence-corrected chi connectivity index (χ4v) is 3.90. The van der Waals surface area contributed by atoms with Crippen molar-refractivity contribution in [2.75, 3.05) is 26.2 Å². The van der Waals surface area contributed by atoms with E-state index in [2.05, 4.69) is 5.32 Å². The van der Waals surface area contributed by atoms with Gasteiger partial charge < -0.3 is 19.5 Å². The summed E-state index contributed by atoms with van der Waals surface area (Å²) in [5.41, 5.74) is 0.719. The quantitative estimate of drug-likeness (QED) is 0.765. The van der Waals surface area contributed by atoms with Crippen LogP contribution in [0.25, 0.3) is 0 Å². The highest BCUT2D eigenvalue weighted by Gasteiger charge is 2.41. The number of hydrogen-bond acceptors (Lipinski definition) is 5. The minimum absolute atomic E-state index is 0.00608. The number of piperazine rings is 2. The summed E-state index contributed by atoms with van der Waals surface area (Å²) in [7, 11) is 0. The molecule has 1 aromatic rings. The second kappa shape index (κ2) is 5.72. The number of ketones is 1. The maximum absolute atomic E-state index is 13.0. The van der Waals surface area contributed by atoms with Gasteiger partial charge in [-0.05, 0) is 13.3 Å². The average molecular weight is 345 g/mol. The number of fused-ring (bicyclic) bond motifs is 2. The molecule has 0 bridgehead atoms. The van der Waals surface area contributed by atoms with Crippen LogP contribution in [0.4, 0.5) is 0 Å². The molecule has 1 aromatic heterocycles.